The topological polar surface area (TPSA) is 76.0 Å². The number of carbonyl (C=O) groups is 1. The van der Waals surface area contributed by atoms with Crippen molar-refractivity contribution in [1.29, 1.82) is 0 Å². The van der Waals surface area contributed by atoms with E-state index in [1.54, 1.807) is 6.20 Å². The van der Waals surface area contributed by atoms with Crippen LogP contribution in [0.25, 0.3) is 0 Å². The summed E-state index contributed by atoms with van der Waals surface area (Å²) in [6.45, 7) is 1.32. The molecule has 3 atom stereocenters. The molecule has 26 heavy (non-hydrogen) atoms. The second kappa shape index (κ2) is 7.42. The molecule has 0 amide bonds. The smallest absolute Gasteiger partial charge is 0.337 e. The summed E-state index contributed by atoms with van der Waals surface area (Å²) >= 11 is 1.47. The Morgan fingerprint density at radius 1 is 1.50 bits per heavy atom. The van der Waals surface area contributed by atoms with Gasteiger partial charge in [-0.3, -0.25) is 9.89 Å². The van der Waals surface area contributed by atoms with Gasteiger partial charge in [0.05, 0.1) is 32.4 Å². The number of hydrogen-bond donors (Lipinski definition) is 1. The van der Waals surface area contributed by atoms with E-state index in [-0.39, 0.29) is 25.2 Å². The first-order valence-electron chi connectivity index (χ1n) is 8.66. The van der Waals surface area contributed by atoms with Gasteiger partial charge in [-0.15, -0.1) is 11.3 Å². The number of esters is 1. The Labute approximate surface area is 154 Å². The molecule has 1 aromatic heterocycles. The number of carbonyl (C=O) groups excluding carboxylic acids is 1. The molecule has 1 aromatic rings. The molecule has 3 aliphatic rings. The maximum absolute atomic E-state index is 14.4. The first-order chi connectivity index (χ1) is 12.7. The van der Waals surface area contributed by atoms with Crippen LogP contribution in [-0.4, -0.2) is 73.4 Å². The van der Waals surface area contributed by atoms with Gasteiger partial charge in [-0.05, 0) is 12.8 Å². The molecule has 4 heterocycles. The van der Waals surface area contributed by atoms with Gasteiger partial charge in [0, 0.05) is 35.9 Å². The lowest BCUT2D eigenvalue weighted by Crippen LogP contribution is -2.46. The van der Waals surface area contributed by atoms with Crippen LogP contribution >= 0.6 is 11.3 Å². The van der Waals surface area contributed by atoms with E-state index in [2.05, 4.69) is 20.2 Å². The largest absolute Gasteiger partial charge is 0.466 e. The van der Waals surface area contributed by atoms with Crippen LogP contribution in [0, 0.1) is 0 Å². The number of ether oxygens (including phenoxy) is 2. The highest BCUT2D eigenvalue weighted by atomic mass is 32.1. The van der Waals surface area contributed by atoms with E-state index in [0.717, 1.165) is 17.8 Å². The van der Waals surface area contributed by atoms with E-state index in [1.807, 2.05) is 5.38 Å². The molecule has 2 bridgehead atoms. The molecular formula is C17H21FN4O3S. The minimum Gasteiger partial charge on any atom is -0.466 e. The normalized spacial score (nSPS) is 29.2. The fraction of sp³-hybridized carbons (Fsp3) is 0.588. The van der Waals surface area contributed by atoms with Crippen molar-refractivity contribution >= 4 is 23.1 Å². The van der Waals surface area contributed by atoms with Gasteiger partial charge >= 0.3 is 5.97 Å². The summed E-state index contributed by atoms with van der Waals surface area (Å²) in [7, 11) is 1.36. The third-order valence-electron chi connectivity index (χ3n) is 5.13. The molecule has 2 fully saturated rings. The number of rotatable bonds is 4. The van der Waals surface area contributed by atoms with Gasteiger partial charge in [-0.2, -0.15) is 0 Å². The minimum atomic E-state index is -1.01. The van der Waals surface area contributed by atoms with E-state index in [9.17, 15) is 9.18 Å². The molecule has 0 aliphatic carbocycles. The van der Waals surface area contributed by atoms with E-state index in [1.165, 1.54) is 18.4 Å². The van der Waals surface area contributed by atoms with Crippen LogP contribution in [0.1, 0.15) is 17.8 Å². The van der Waals surface area contributed by atoms with E-state index in [0.29, 0.717) is 30.3 Å². The average molecular weight is 380 g/mol. The second-order valence-electron chi connectivity index (χ2n) is 6.60. The molecule has 3 aliphatic heterocycles. The van der Waals surface area contributed by atoms with Crippen molar-refractivity contribution < 1.29 is 18.7 Å². The Balaban J connectivity index is 1.60. The molecule has 0 aromatic carbocycles. The Morgan fingerprint density at radius 3 is 3.15 bits per heavy atom. The van der Waals surface area contributed by atoms with Gasteiger partial charge in [-0.1, -0.05) is 0 Å². The minimum absolute atomic E-state index is 0.139. The number of fused-ring (bicyclic) bond motifs is 2. The fourth-order valence-corrected chi connectivity index (χ4v) is 4.41. The SMILES string of the molecule is COC(=O)C1=C(CN2C3CCC2C(F)COC3)NC(c2nccs2)=NC1. The van der Waals surface area contributed by atoms with Crippen molar-refractivity contribution in [3.8, 4) is 0 Å². The lowest BCUT2D eigenvalue weighted by atomic mass is 10.1. The molecule has 3 unspecified atom stereocenters. The first-order valence-corrected chi connectivity index (χ1v) is 9.54. The Bertz CT molecular complexity index is 736. The Morgan fingerprint density at radius 2 is 2.38 bits per heavy atom. The van der Waals surface area contributed by atoms with Gasteiger partial charge < -0.3 is 14.8 Å². The van der Waals surface area contributed by atoms with Crippen LogP contribution in [0.5, 0.6) is 0 Å². The van der Waals surface area contributed by atoms with Gasteiger partial charge in [0.1, 0.15) is 6.17 Å². The van der Waals surface area contributed by atoms with E-state index < -0.39 is 12.1 Å². The third-order valence-corrected chi connectivity index (χ3v) is 5.91. The van der Waals surface area contributed by atoms with Crippen molar-refractivity contribution in [1.82, 2.24) is 15.2 Å². The van der Waals surface area contributed by atoms with Crippen molar-refractivity contribution in [3.05, 3.63) is 27.9 Å². The predicted octanol–water partition coefficient (Wildman–Crippen LogP) is 1.12. The number of aliphatic imine (C=N–C) groups is 1. The van der Waals surface area contributed by atoms with Crippen LogP contribution in [-0.2, 0) is 14.3 Å². The molecule has 2 saturated heterocycles. The Kier molecular flexibility index (Phi) is 5.01. The molecular weight excluding hydrogens is 359 g/mol. The first kappa shape index (κ1) is 17.6. The summed E-state index contributed by atoms with van der Waals surface area (Å²) in [4.78, 5) is 23.0. The molecule has 0 saturated carbocycles. The summed E-state index contributed by atoms with van der Waals surface area (Å²) in [6, 6.07) is -0.0194. The van der Waals surface area contributed by atoms with Crippen LogP contribution < -0.4 is 5.32 Å². The molecule has 0 radical (unpaired) electrons. The second-order valence-corrected chi connectivity index (χ2v) is 7.49. The van der Waals surface area contributed by atoms with E-state index >= 15 is 0 Å². The predicted molar refractivity (Wildman–Crippen MR) is 94.9 cm³/mol. The highest BCUT2D eigenvalue weighted by Gasteiger charge is 2.42. The van der Waals surface area contributed by atoms with Crippen molar-refractivity contribution in [2.45, 2.75) is 31.1 Å². The number of aromatic nitrogens is 1. The number of methoxy groups -OCH3 is 1. The number of thiazole rings is 1. The number of halogens is 1. The maximum atomic E-state index is 14.4. The van der Waals surface area contributed by atoms with Gasteiger partial charge in [-0.25, -0.2) is 14.2 Å². The van der Waals surface area contributed by atoms with Crippen LogP contribution in [0.3, 0.4) is 0 Å². The monoisotopic (exact) mass is 380 g/mol. The summed E-state index contributed by atoms with van der Waals surface area (Å²) < 4.78 is 24.8. The number of alkyl halides is 1. The van der Waals surface area contributed by atoms with E-state index in [4.69, 9.17) is 9.47 Å². The van der Waals surface area contributed by atoms with Crippen molar-refractivity contribution in [3.63, 3.8) is 0 Å². The zero-order valence-electron chi connectivity index (χ0n) is 14.5. The van der Waals surface area contributed by atoms with Crippen LogP contribution in [0.15, 0.2) is 27.8 Å². The summed E-state index contributed by atoms with van der Waals surface area (Å²) in [5, 5.41) is 5.88. The van der Waals surface area contributed by atoms with Gasteiger partial charge in [0.25, 0.3) is 0 Å². The standard InChI is InChI=1S/C17H21FN4O3S/c1-24-17(23)11-6-20-15(16-19-4-5-26-16)21-13(11)7-22-10-2-3-14(22)12(18)9-25-8-10/h4-5,10,12,14H,2-3,6-9H2,1H3,(H,20,21). The lowest BCUT2D eigenvalue weighted by Gasteiger charge is -2.31. The summed E-state index contributed by atoms with van der Waals surface area (Å²) in [5.74, 6) is 0.225. The van der Waals surface area contributed by atoms with Crippen LogP contribution in [0.4, 0.5) is 4.39 Å². The third kappa shape index (κ3) is 3.26. The molecule has 0 spiro atoms. The quantitative estimate of drug-likeness (QED) is 0.789. The molecule has 1 N–H and O–H groups in total. The average Bonchev–Trinajstić information content (AvgIpc) is 3.28. The highest BCUT2D eigenvalue weighted by molar-refractivity contribution is 7.11. The zero-order valence-corrected chi connectivity index (χ0v) is 15.3. The summed E-state index contributed by atoms with van der Waals surface area (Å²) in [6.07, 6.45) is 2.41. The van der Waals surface area contributed by atoms with Crippen molar-refractivity contribution in [2.24, 2.45) is 4.99 Å². The molecule has 4 rings (SSSR count). The molecule has 7 nitrogen and oxygen atoms in total. The Hall–Kier alpha value is -1.84. The highest BCUT2D eigenvalue weighted by Crippen LogP contribution is 2.32. The van der Waals surface area contributed by atoms with Crippen LogP contribution in [0.2, 0.25) is 0 Å². The van der Waals surface area contributed by atoms with Gasteiger partial charge in [0.2, 0.25) is 0 Å². The fourth-order valence-electron chi connectivity index (χ4n) is 3.81. The zero-order chi connectivity index (χ0) is 18.1. The molecule has 9 heteroatoms. The van der Waals surface area contributed by atoms with Gasteiger partial charge in [0.15, 0.2) is 10.8 Å². The number of hydrogen-bond acceptors (Lipinski definition) is 8. The number of nitrogens with one attached hydrogen (secondary N) is 1. The van der Waals surface area contributed by atoms with Crippen molar-refractivity contribution in [2.75, 3.05) is 33.4 Å². The summed E-state index contributed by atoms with van der Waals surface area (Å²) in [5.41, 5.74) is 1.19. The lowest BCUT2D eigenvalue weighted by molar-refractivity contribution is -0.136. The molecule has 140 valence electrons. The number of nitrogens with zero attached hydrogens (tertiary/aromatic N) is 3. The maximum Gasteiger partial charge on any atom is 0.337 e. The number of amidine groups is 1.